The van der Waals surface area contributed by atoms with Crippen LogP contribution in [0.2, 0.25) is 0 Å². The highest BCUT2D eigenvalue weighted by Gasteiger charge is 2.29. The molecular formula is C28H31N3O7. The van der Waals surface area contributed by atoms with Crippen molar-refractivity contribution in [2.24, 2.45) is 0 Å². The Labute approximate surface area is 220 Å². The van der Waals surface area contributed by atoms with Crippen molar-refractivity contribution in [3.05, 3.63) is 89.5 Å². The summed E-state index contributed by atoms with van der Waals surface area (Å²) in [4.78, 5) is 38.8. The van der Waals surface area contributed by atoms with Gasteiger partial charge in [-0.2, -0.15) is 0 Å². The van der Waals surface area contributed by atoms with E-state index < -0.39 is 30.0 Å². The van der Waals surface area contributed by atoms with Gasteiger partial charge in [0, 0.05) is 19.5 Å². The second-order valence-electron chi connectivity index (χ2n) is 8.33. The SMILES string of the molecule is CNC(=O)[C@@H](NC(=O)[C@@H](Cc1ccc(OC)cc1)NC(=O)OCc1ccccc1)c1cc(O)cc(OC)c1. The smallest absolute Gasteiger partial charge is 0.408 e. The molecule has 200 valence electrons. The predicted molar refractivity (Wildman–Crippen MR) is 140 cm³/mol. The molecule has 0 heterocycles. The number of phenolic OH excluding ortho intramolecular Hbond substituents is 1. The Morgan fingerprint density at radius 1 is 0.816 bits per heavy atom. The van der Waals surface area contributed by atoms with Crippen molar-refractivity contribution in [3.8, 4) is 17.2 Å². The van der Waals surface area contributed by atoms with Crippen LogP contribution in [0, 0.1) is 0 Å². The lowest BCUT2D eigenvalue weighted by Crippen LogP contribution is -2.51. The van der Waals surface area contributed by atoms with E-state index in [4.69, 9.17) is 14.2 Å². The van der Waals surface area contributed by atoms with Crippen LogP contribution in [0.1, 0.15) is 22.7 Å². The van der Waals surface area contributed by atoms with Crippen LogP contribution in [0.3, 0.4) is 0 Å². The van der Waals surface area contributed by atoms with E-state index in [0.717, 1.165) is 11.1 Å². The number of ether oxygens (including phenoxy) is 3. The maximum atomic E-state index is 13.4. The molecule has 0 radical (unpaired) electrons. The Morgan fingerprint density at radius 3 is 2.13 bits per heavy atom. The number of alkyl carbamates (subject to hydrolysis) is 1. The van der Waals surface area contributed by atoms with Crippen LogP contribution in [0.4, 0.5) is 4.79 Å². The lowest BCUT2D eigenvalue weighted by atomic mass is 10.0. The number of carbonyl (C=O) groups is 3. The van der Waals surface area contributed by atoms with E-state index in [1.165, 1.54) is 32.4 Å². The maximum absolute atomic E-state index is 13.4. The van der Waals surface area contributed by atoms with Crippen molar-refractivity contribution >= 4 is 17.9 Å². The van der Waals surface area contributed by atoms with Crippen molar-refractivity contribution in [1.29, 1.82) is 0 Å². The second-order valence-corrected chi connectivity index (χ2v) is 8.33. The number of carbonyl (C=O) groups excluding carboxylic acids is 3. The number of rotatable bonds is 11. The third kappa shape index (κ3) is 7.89. The fourth-order valence-corrected chi connectivity index (χ4v) is 3.69. The maximum Gasteiger partial charge on any atom is 0.408 e. The van der Waals surface area contributed by atoms with Gasteiger partial charge in [0.25, 0.3) is 0 Å². The predicted octanol–water partition coefficient (Wildman–Crippen LogP) is 2.85. The van der Waals surface area contributed by atoms with E-state index in [1.54, 1.807) is 31.4 Å². The molecule has 0 aromatic heterocycles. The molecule has 0 spiro atoms. The monoisotopic (exact) mass is 521 g/mol. The molecule has 0 aliphatic carbocycles. The van der Waals surface area contributed by atoms with Gasteiger partial charge in [-0.15, -0.1) is 0 Å². The summed E-state index contributed by atoms with van der Waals surface area (Å²) in [6.45, 7) is 0.0213. The molecule has 10 nitrogen and oxygen atoms in total. The number of likely N-dealkylation sites (N-methyl/N-ethyl adjacent to an activating group) is 1. The van der Waals surface area contributed by atoms with E-state index in [9.17, 15) is 19.5 Å². The number of aromatic hydroxyl groups is 1. The fourth-order valence-electron chi connectivity index (χ4n) is 3.69. The number of phenols is 1. The molecular weight excluding hydrogens is 490 g/mol. The summed E-state index contributed by atoms with van der Waals surface area (Å²) in [5.41, 5.74) is 1.82. The largest absolute Gasteiger partial charge is 0.508 e. The average molecular weight is 522 g/mol. The first-order valence-corrected chi connectivity index (χ1v) is 11.8. The minimum absolute atomic E-state index is 0.0213. The van der Waals surface area contributed by atoms with Gasteiger partial charge in [0.15, 0.2) is 0 Å². The first kappa shape index (κ1) is 27.9. The van der Waals surface area contributed by atoms with Gasteiger partial charge in [-0.1, -0.05) is 42.5 Å². The molecule has 4 N–H and O–H groups in total. The molecule has 0 unspecified atom stereocenters. The zero-order valence-corrected chi connectivity index (χ0v) is 21.4. The van der Waals surface area contributed by atoms with E-state index in [-0.39, 0.29) is 18.8 Å². The van der Waals surface area contributed by atoms with Gasteiger partial charge in [-0.05, 0) is 41.0 Å². The highest BCUT2D eigenvalue weighted by Crippen LogP contribution is 2.26. The lowest BCUT2D eigenvalue weighted by molar-refractivity contribution is -0.129. The molecule has 10 heteroatoms. The van der Waals surface area contributed by atoms with Crippen molar-refractivity contribution in [2.45, 2.75) is 25.1 Å². The Kier molecular flexibility index (Phi) is 9.93. The minimum atomic E-state index is -1.17. The van der Waals surface area contributed by atoms with Crippen LogP contribution in [0.15, 0.2) is 72.8 Å². The summed E-state index contributed by atoms with van der Waals surface area (Å²) in [5.74, 6) is -0.350. The fraction of sp³-hybridized carbons (Fsp3) is 0.250. The standard InChI is InChI=1S/C28H31N3O7/c1-29-27(34)25(20-14-21(32)16-23(15-20)37-3)31-26(33)24(13-18-9-11-22(36-2)12-10-18)30-28(35)38-17-19-7-5-4-6-8-19/h4-12,14-16,24-25,32H,13,17H2,1-3H3,(H,29,34)(H,30,35)(H,31,33)/t24-,25+/m1/s1. The Balaban J connectivity index is 1.82. The molecule has 0 saturated carbocycles. The first-order chi connectivity index (χ1) is 18.3. The van der Waals surface area contributed by atoms with Gasteiger partial charge >= 0.3 is 6.09 Å². The zero-order valence-electron chi connectivity index (χ0n) is 21.4. The van der Waals surface area contributed by atoms with Crippen LogP contribution in [0.5, 0.6) is 17.2 Å². The van der Waals surface area contributed by atoms with Gasteiger partial charge < -0.3 is 35.3 Å². The molecule has 3 rings (SSSR count). The summed E-state index contributed by atoms with van der Waals surface area (Å²) in [6.07, 6.45) is -0.682. The summed E-state index contributed by atoms with van der Waals surface area (Å²) in [6, 6.07) is 18.1. The third-order valence-electron chi connectivity index (χ3n) is 5.70. The molecule has 2 atom stereocenters. The molecule has 0 aliphatic heterocycles. The van der Waals surface area contributed by atoms with Crippen molar-refractivity contribution in [3.63, 3.8) is 0 Å². The van der Waals surface area contributed by atoms with E-state index >= 15 is 0 Å². The summed E-state index contributed by atoms with van der Waals surface area (Å²) in [5, 5.41) is 17.9. The molecule has 3 amide bonds. The van der Waals surface area contributed by atoms with Gasteiger partial charge in [-0.3, -0.25) is 9.59 Å². The number of methoxy groups -OCH3 is 2. The second kappa shape index (κ2) is 13.5. The molecule has 0 aliphatic rings. The van der Waals surface area contributed by atoms with E-state index in [1.807, 2.05) is 30.3 Å². The van der Waals surface area contributed by atoms with Crippen LogP contribution >= 0.6 is 0 Å². The quantitative estimate of drug-likeness (QED) is 0.305. The molecule has 38 heavy (non-hydrogen) atoms. The summed E-state index contributed by atoms with van der Waals surface area (Å²) >= 11 is 0. The molecule has 0 bridgehead atoms. The third-order valence-corrected chi connectivity index (χ3v) is 5.70. The summed E-state index contributed by atoms with van der Waals surface area (Å²) in [7, 11) is 4.39. The molecule has 3 aromatic carbocycles. The van der Waals surface area contributed by atoms with Gasteiger partial charge in [0.1, 0.15) is 35.9 Å². The normalized spacial score (nSPS) is 12.0. The molecule has 0 saturated heterocycles. The minimum Gasteiger partial charge on any atom is -0.508 e. The first-order valence-electron chi connectivity index (χ1n) is 11.8. The van der Waals surface area contributed by atoms with E-state index in [2.05, 4.69) is 16.0 Å². The topological polar surface area (TPSA) is 135 Å². The lowest BCUT2D eigenvalue weighted by Gasteiger charge is -2.23. The highest BCUT2D eigenvalue weighted by atomic mass is 16.5. The van der Waals surface area contributed by atoms with Crippen LogP contribution < -0.4 is 25.4 Å². The summed E-state index contributed by atoms with van der Waals surface area (Å²) < 4.78 is 15.7. The van der Waals surface area contributed by atoms with Crippen LogP contribution in [-0.4, -0.2) is 50.3 Å². The van der Waals surface area contributed by atoms with Gasteiger partial charge in [-0.25, -0.2) is 4.79 Å². The number of nitrogens with one attached hydrogen (secondary N) is 3. The molecule has 3 aromatic rings. The Bertz CT molecular complexity index is 1230. The molecule has 0 fully saturated rings. The number of amides is 3. The van der Waals surface area contributed by atoms with Crippen molar-refractivity contribution in [2.75, 3.05) is 21.3 Å². The number of benzene rings is 3. The number of hydrogen-bond donors (Lipinski definition) is 4. The Morgan fingerprint density at radius 2 is 1.50 bits per heavy atom. The van der Waals surface area contributed by atoms with Gasteiger partial charge in [0.05, 0.1) is 14.2 Å². The number of hydrogen-bond acceptors (Lipinski definition) is 7. The van der Waals surface area contributed by atoms with Crippen LogP contribution in [-0.2, 0) is 27.4 Å². The van der Waals surface area contributed by atoms with E-state index in [0.29, 0.717) is 17.1 Å². The average Bonchev–Trinajstić information content (AvgIpc) is 2.94. The zero-order chi connectivity index (χ0) is 27.5. The highest BCUT2D eigenvalue weighted by molar-refractivity contribution is 5.92. The van der Waals surface area contributed by atoms with Crippen molar-refractivity contribution < 1.29 is 33.7 Å². The van der Waals surface area contributed by atoms with Crippen LogP contribution in [0.25, 0.3) is 0 Å². The Hall–Kier alpha value is -4.73. The van der Waals surface area contributed by atoms with Crippen molar-refractivity contribution in [1.82, 2.24) is 16.0 Å². The van der Waals surface area contributed by atoms with Gasteiger partial charge in [0.2, 0.25) is 11.8 Å².